The van der Waals surface area contributed by atoms with Crippen molar-refractivity contribution < 1.29 is 14.6 Å². The van der Waals surface area contributed by atoms with Gasteiger partial charge in [0.2, 0.25) is 0 Å². The number of benzene rings is 1. The number of carbonyl (C=O) groups is 1. The second-order valence-corrected chi connectivity index (χ2v) is 5.55. The van der Waals surface area contributed by atoms with Crippen molar-refractivity contribution >= 4 is 5.91 Å². The molecule has 1 aliphatic carbocycles. The summed E-state index contributed by atoms with van der Waals surface area (Å²) in [6, 6.07) is 7.82. The molecular weight excluding hydrogens is 254 g/mol. The fourth-order valence-corrected chi connectivity index (χ4v) is 2.42. The molecule has 1 amide bonds. The number of nitrogens with zero attached hydrogens (tertiary/aromatic N) is 1. The zero-order valence-electron chi connectivity index (χ0n) is 12.2. The van der Waals surface area contributed by atoms with Crippen molar-refractivity contribution in [3.63, 3.8) is 0 Å². The van der Waals surface area contributed by atoms with Gasteiger partial charge in [0, 0.05) is 13.6 Å². The van der Waals surface area contributed by atoms with Gasteiger partial charge in [-0.05, 0) is 42.9 Å². The fraction of sp³-hybridized carbons (Fsp3) is 0.562. The number of carbonyl (C=O) groups excluding carboxylic acids is 1. The van der Waals surface area contributed by atoms with Gasteiger partial charge in [-0.1, -0.05) is 19.1 Å². The van der Waals surface area contributed by atoms with Crippen LogP contribution in [0.3, 0.4) is 0 Å². The first kappa shape index (κ1) is 14.9. The number of rotatable bonds is 6. The SMILES string of the molecule is CCc1ccc(OCC(=O)N(C)CC2CC(O)C2)cc1. The lowest BCUT2D eigenvalue weighted by Gasteiger charge is -2.34. The summed E-state index contributed by atoms with van der Waals surface area (Å²) >= 11 is 0. The fourth-order valence-electron chi connectivity index (χ4n) is 2.42. The molecule has 1 saturated carbocycles. The largest absolute Gasteiger partial charge is 0.484 e. The minimum atomic E-state index is -0.170. The van der Waals surface area contributed by atoms with Crippen LogP contribution in [-0.2, 0) is 11.2 Å². The smallest absolute Gasteiger partial charge is 0.260 e. The molecule has 0 aromatic heterocycles. The Morgan fingerprint density at radius 2 is 2.00 bits per heavy atom. The Bertz CT molecular complexity index is 438. The zero-order valence-corrected chi connectivity index (χ0v) is 12.2. The Morgan fingerprint density at radius 1 is 1.35 bits per heavy atom. The molecule has 1 aromatic rings. The van der Waals surface area contributed by atoms with Crippen molar-refractivity contribution in [2.75, 3.05) is 20.2 Å². The van der Waals surface area contributed by atoms with Crippen LogP contribution in [0.4, 0.5) is 0 Å². The van der Waals surface area contributed by atoms with Crippen molar-refractivity contribution in [2.45, 2.75) is 32.3 Å². The van der Waals surface area contributed by atoms with Crippen LogP contribution in [0.2, 0.25) is 0 Å². The van der Waals surface area contributed by atoms with E-state index in [2.05, 4.69) is 6.92 Å². The molecule has 1 aromatic carbocycles. The lowest BCUT2D eigenvalue weighted by molar-refractivity contribution is -0.133. The van der Waals surface area contributed by atoms with Gasteiger partial charge in [0.15, 0.2) is 6.61 Å². The van der Waals surface area contributed by atoms with E-state index in [4.69, 9.17) is 4.74 Å². The quantitative estimate of drug-likeness (QED) is 0.863. The second kappa shape index (κ2) is 6.75. The van der Waals surface area contributed by atoms with E-state index in [0.717, 1.165) is 25.0 Å². The van der Waals surface area contributed by atoms with Gasteiger partial charge in [-0.15, -0.1) is 0 Å². The van der Waals surface area contributed by atoms with Crippen LogP contribution in [0.15, 0.2) is 24.3 Å². The number of aliphatic hydroxyl groups is 1. The average Bonchev–Trinajstić information content (AvgIpc) is 2.43. The Hall–Kier alpha value is -1.55. The molecule has 4 nitrogen and oxygen atoms in total. The lowest BCUT2D eigenvalue weighted by Crippen LogP contribution is -2.41. The number of aryl methyl sites for hydroxylation is 1. The molecule has 0 unspecified atom stereocenters. The van der Waals surface area contributed by atoms with E-state index in [0.29, 0.717) is 12.5 Å². The average molecular weight is 277 g/mol. The predicted molar refractivity (Wildman–Crippen MR) is 77.7 cm³/mol. The van der Waals surface area contributed by atoms with Gasteiger partial charge in [-0.3, -0.25) is 4.79 Å². The van der Waals surface area contributed by atoms with Crippen LogP contribution in [0, 0.1) is 5.92 Å². The predicted octanol–water partition coefficient (Wildman–Crippen LogP) is 1.86. The first-order valence-electron chi connectivity index (χ1n) is 7.22. The van der Waals surface area contributed by atoms with E-state index in [9.17, 15) is 9.90 Å². The number of hydrogen-bond donors (Lipinski definition) is 1. The third-order valence-corrected chi connectivity index (χ3v) is 3.86. The van der Waals surface area contributed by atoms with Crippen LogP contribution in [0.1, 0.15) is 25.3 Å². The van der Waals surface area contributed by atoms with E-state index in [1.165, 1.54) is 5.56 Å². The first-order chi connectivity index (χ1) is 9.58. The monoisotopic (exact) mass is 277 g/mol. The summed E-state index contributed by atoms with van der Waals surface area (Å²) < 4.78 is 5.50. The molecule has 1 fully saturated rings. The summed E-state index contributed by atoms with van der Waals surface area (Å²) in [7, 11) is 1.79. The Labute approximate surface area is 120 Å². The molecule has 1 aliphatic rings. The molecule has 0 saturated heterocycles. The standard InChI is InChI=1S/C16H23NO3/c1-3-12-4-6-15(7-5-12)20-11-16(19)17(2)10-13-8-14(18)9-13/h4-7,13-14,18H,3,8-11H2,1-2H3. The molecule has 4 heteroatoms. The lowest BCUT2D eigenvalue weighted by atomic mass is 9.82. The van der Waals surface area contributed by atoms with Crippen molar-refractivity contribution in [3.05, 3.63) is 29.8 Å². The molecular formula is C16H23NO3. The molecule has 0 spiro atoms. The van der Waals surface area contributed by atoms with Crippen LogP contribution in [0.25, 0.3) is 0 Å². The minimum absolute atomic E-state index is 0.0223. The highest BCUT2D eigenvalue weighted by molar-refractivity contribution is 5.77. The van der Waals surface area contributed by atoms with Crippen LogP contribution in [0.5, 0.6) is 5.75 Å². The van der Waals surface area contributed by atoms with Crippen LogP contribution < -0.4 is 4.74 Å². The van der Waals surface area contributed by atoms with Crippen molar-refractivity contribution in [3.8, 4) is 5.75 Å². The highest BCUT2D eigenvalue weighted by Crippen LogP contribution is 2.27. The van der Waals surface area contributed by atoms with Gasteiger partial charge in [0.05, 0.1) is 6.10 Å². The summed E-state index contributed by atoms with van der Waals surface area (Å²) in [5.74, 6) is 1.14. The molecule has 0 atom stereocenters. The van der Waals surface area contributed by atoms with Gasteiger partial charge in [0.25, 0.3) is 5.91 Å². The van der Waals surface area contributed by atoms with Gasteiger partial charge in [-0.2, -0.15) is 0 Å². The maximum atomic E-state index is 11.9. The number of aliphatic hydroxyl groups excluding tert-OH is 1. The van der Waals surface area contributed by atoms with Crippen LogP contribution in [-0.4, -0.2) is 42.2 Å². The number of hydrogen-bond acceptors (Lipinski definition) is 3. The maximum Gasteiger partial charge on any atom is 0.260 e. The third kappa shape index (κ3) is 3.97. The molecule has 0 heterocycles. The van der Waals surface area contributed by atoms with E-state index in [1.54, 1.807) is 11.9 Å². The molecule has 0 radical (unpaired) electrons. The van der Waals surface area contributed by atoms with Crippen LogP contribution >= 0.6 is 0 Å². The van der Waals surface area contributed by atoms with Crippen molar-refractivity contribution in [2.24, 2.45) is 5.92 Å². The summed E-state index contributed by atoms with van der Waals surface area (Å²) in [4.78, 5) is 13.6. The van der Waals surface area contributed by atoms with Crippen molar-refractivity contribution in [1.82, 2.24) is 4.90 Å². The highest BCUT2D eigenvalue weighted by atomic mass is 16.5. The first-order valence-corrected chi connectivity index (χ1v) is 7.22. The van der Waals surface area contributed by atoms with E-state index < -0.39 is 0 Å². The summed E-state index contributed by atoms with van der Waals surface area (Å²) in [6.07, 6.45) is 2.43. The van der Waals surface area contributed by atoms with Gasteiger partial charge < -0.3 is 14.7 Å². The Morgan fingerprint density at radius 3 is 2.55 bits per heavy atom. The summed E-state index contributed by atoms with van der Waals surface area (Å²) in [6.45, 7) is 2.87. The minimum Gasteiger partial charge on any atom is -0.484 e. The highest BCUT2D eigenvalue weighted by Gasteiger charge is 2.29. The topological polar surface area (TPSA) is 49.8 Å². The van der Waals surface area contributed by atoms with E-state index >= 15 is 0 Å². The van der Waals surface area contributed by atoms with Gasteiger partial charge in [-0.25, -0.2) is 0 Å². The molecule has 0 bridgehead atoms. The number of ether oxygens (including phenoxy) is 1. The normalized spacial score (nSPS) is 21.1. The maximum absolute atomic E-state index is 11.9. The van der Waals surface area contributed by atoms with Crippen molar-refractivity contribution in [1.29, 1.82) is 0 Å². The third-order valence-electron chi connectivity index (χ3n) is 3.86. The summed E-state index contributed by atoms with van der Waals surface area (Å²) in [5.41, 5.74) is 1.25. The van der Waals surface area contributed by atoms with E-state index in [1.807, 2.05) is 24.3 Å². The molecule has 0 aliphatic heterocycles. The van der Waals surface area contributed by atoms with E-state index in [-0.39, 0.29) is 18.6 Å². The Balaban J connectivity index is 1.73. The second-order valence-electron chi connectivity index (χ2n) is 5.55. The van der Waals surface area contributed by atoms with Gasteiger partial charge >= 0.3 is 0 Å². The molecule has 2 rings (SSSR count). The molecule has 1 N–H and O–H groups in total. The summed E-state index contributed by atoms with van der Waals surface area (Å²) in [5, 5.41) is 9.24. The number of likely N-dealkylation sites (N-methyl/N-ethyl adjacent to an activating group) is 1. The van der Waals surface area contributed by atoms with Gasteiger partial charge in [0.1, 0.15) is 5.75 Å². The molecule has 20 heavy (non-hydrogen) atoms. The Kier molecular flexibility index (Phi) is 5.01. The number of amides is 1. The molecule has 110 valence electrons. The zero-order chi connectivity index (χ0) is 14.5.